The molecule has 1 saturated heterocycles. The Hall–Kier alpha value is -0.490. The van der Waals surface area contributed by atoms with E-state index in [1.165, 1.54) is 6.07 Å². The van der Waals surface area contributed by atoms with Gasteiger partial charge in [-0.3, -0.25) is 0 Å². The third kappa shape index (κ3) is 3.74. The van der Waals surface area contributed by atoms with Gasteiger partial charge in [-0.15, -0.1) is 0 Å². The van der Waals surface area contributed by atoms with Crippen LogP contribution in [0.5, 0.6) is 0 Å². The van der Waals surface area contributed by atoms with Gasteiger partial charge in [0.2, 0.25) is 0 Å². The molecule has 1 N–H and O–H groups in total. The molecule has 0 spiro atoms. The maximum absolute atomic E-state index is 13.4. The summed E-state index contributed by atoms with van der Waals surface area (Å²) >= 11 is 3.28. The van der Waals surface area contributed by atoms with Crippen LogP contribution in [0.25, 0.3) is 0 Å². The van der Waals surface area contributed by atoms with Gasteiger partial charge < -0.3 is 14.6 Å². The van der Waals surface area contributed by atoms with E-state index in [4.69, 9.17) is 9.47 Å². The quantitative estimate of drug-likeness (QED) is 0.927. The van der Waals surface area contributed by atoms with Crippen LogP contribution in [0.15, 0.2) is 22.7 Å². The van der Waals surface area contributed by atoms with E-state index >= 15 is 0 Å². The molecular weight excluding hydrogens is 291 g/mol. The number of halogens is 2. The van der Waals surface area contributed by atoms with Crippen LogP contribution >= 0.6 is 15.9 Å². The molecule has 3 nitrogen and oxygen atoms in total. The van der Waals surface area contributed by atoms with Crippen molar-refractivity contribution in [2.75, 3.05) is 13.2 Å². The first-order chi connectivity index (χ1) is 8.15. The van der Waals surface area contributed by atoms with Crippen LogP contribution < -0.4 is 0 Å². The Morgan fingerprint density at radius 3 is 2.82 bits per heavy atom. The SMILES string of the molecule is OC(Cc1cc(Br)ccc1F)CC1OCCO1. The molecule has 0 saturated carbocycles. The van der Waals surface area contributed by atoms with E-state index in [1.54, 1.807) is 12.1 Å². The number of rotatable bonds is 4. The fraction of sp³-hybridized carbons (Fsp3) is 0.500. The first kappa shape index (κ1) is 13.0. The number of hydrogen-bond donors (Lipinski definition) is 1. The summed E-state index contributed by atoms with van der Waals surface area (Å²) < 4.78 is 24.7. The highest BCUT2D eigenvalue weighted by Crippen LogP contribution is 2.19. The maximum atomic E-state index is 13.4. The summed E-state index contributed by atoms with van der Waals surface area (Å²) in [6.07, 6.45) is -0.400. The smallest absolute Gasteiger partial charge is 0.160 e. The van der Waals surface area contributed by atoms with Gasteiger partial charge in [-0.05, 0) is 23.8 Å². The van der Waals surface area contributed by atoms with Crippen molar-refractivity contribution in [3.63, 3.8) is 0 Å². The molecule has 0 aliphatic carbocycles. The average Bonchev–Trinajstić information content (AvgIpc) is 2.76. The van der Waals surface area contributed by atoms with Crippen LogP contribution in [0.1, 0.15) is 12.0 Å². The Kier molecular flexibility index (Phi) is 4.50. The standard InChI is InChI=1S/C12H14BrFO3/c13-9-1-2-11(14)8(5-9)6-10(15)7-12-16-3-4-17-12/h1-2,5,10,12,15H,3-4,6-7H2. The molecule has 0 bridgehead atoms. The van der Waals surface area contributed by atoms with Crippen molar-refractivity contribution in [3.05, 3.63) is 34.1 Å². The van der Waals surface area contributed by atoms with Gasteiger partial charge in [0, 0.05) is 17.3 Å². The molecule has 5 heteroatoms. The van der Waals surface area contributed by atoms with E-state index in [2.05, 4.69) is 15.9 Å². The zero-order valence-corrected chi connectivity index (χ0v) is 10.8. The molecule has 1 aliphatic rings. The predicted molar refractivity (Wildman–Crippen MR) is 64.1 cm³/mol. The van der Waals surface area contributed by atoms with E-state index in [0.717, 1.165) is 4.47 Å². The Balaban J connectivity index is 1.92. The van der Waals surface area contributed by atoms with Gasteiger partial charge in [-0.25, -0.2) is 4.39 Å². The summed E-state index contributed by atoms with van der Waals surface area (Å²) in [4.78, 5) is 0. The van der Waals surface area contributed by atoms with Crippen LogP contribution in [-0.4, -0.2) is 30.7 Å². The minimum atomic E-state index is -0.665. The zero-order chi connectivity index (χ0) is 12.3. The molecule has 17 heavy (non-hydrogen) atoms. The summed E-state index contributed by atoms with van der Waals surface area (Å²) in [6.45, 7) is 1.12. The summed E-state index contributed by atoms with van der Waals surface area (Å²) in [5.41, 5.74) is 0.491. The monoisotopic (exact) mass is 304 g/mol. The Morgan fingerprint density at radius 1 is 1.41 bits per heavy atom. The normalized spacial score (nSPS) is 18.5. The van der Waals surface area contributed by atoms with Gasteiger partial charge in [0.05, 0.1) is 19.3 Å². The molecule has 94 valence electrons. The topological polar surface area (TPSA) is 38.7 Å². The lowest BCUT2D eigenvalue weighted by molar-refractivity contribution is -0.0699. The molecule has 1 aliphatic heterocycles. The lowest BCUT2D eigenvalue weighted by Gasteiger charge is -2.15. The Labute approximate surface area is 108 Å². The minimum absolute atomic E-state index is 0.258. The number of hydrogen-bond acceptors (Lipinski definition) is 3. The minimum Gasteiger partial charge on any atom is -0.393 e. The van der Waals surface area contributed by atoms with Gasteiger partial charge in [-0.1, -0.05) is 15.9 Å². The van der Waals surface area contributed by atoms with E-state index in [9.17, 15) is 9.50 Å². The highest BCUT2D eigenvalue weighted by Gasteiger charge is 2.21. The van der Waals surface area contributed by atoms with Gasteiger partial charge >= 0.3 is 0 Å². The lowest BCUT2D eigenvalue weighted by Crippen LogP contribution is -2.20. The molecule has 0 aromatic heterocycles. The number of aliphatic hydroxyl groups is 1. The molecule has 2 rings (SSSR count). The van der Waals surface area contributed by atoms with Crippen LogP contribution in [0.3, 0.4) is 0 Å². The van der Waals surface area contributed by atoms with Crippen molar-refractivity contribution in [1.29, 1.82) is 0 Å². The predicted octanol–water partition coefficient (Wildman–Crippen LogP) is 2.25. The summed E-state index contributed by atoms with van der Waals surface area (Å²) in [5.74, 6) is -0.305. The number of ether oxygens (including phenoxy) is 2. The van der Waals surface area contributed by atoms with Crippen molar-refractivity contribution in [2.24, 2.45) is 0 Å². The molecule has 1 aromatic carbocycles. The van der Waals surface area contributed by atoms with Crippen molar-refractivity contribution >= 4 is 15.9 Å². The molecule has 1 aromatic rings. The number of aliphatic hydroxyl groups excluding tert-OH is 1. The third-order valence-corrected chi connectivity index (χ3v) is 3.11. The first-order valence-electron chi connectivity index (χ1n) is 5.50. The third-order valence-electron chi connectivity index (χ3n) is 2.62. The summed E-state index contributed by atoms with van der Waals surface area (Å²) in [6, 6.07) is 4.69. The second kappa shape index (κ2) is 5.91. The molecule has 1 fully saturated rings. The molecule has 0 radical (unpaired) electrons. The van der Waals surface area contributed by atoms with Crippen molar-refractivity contribution in [1.82, 2.24) is 0 Å². The first-order valence-corrected chi connectivity index (χ1v) is 6.29. The van der Waals surface area contributed by atoms with Crippen LogP contribution in [0.4, 0.5) is 4.39 Å². The zero-order valence-electron chi connectivity index (χ0n) is 9.23. The van der Waals surface area contributed by atoms with E-state index in [1.807, 2.05) is 0 Å². The van der Waals surface area contributed by atoms with Gasteiger partial charge in [0.25, 0.3) is 0 Å². The van der Waals surface area contributed by atoms with Gasteiger partial charge in [0.15, 0.2) is 6.29 Å². The second-order valence-corrected chi connectivity index (χ2v) is 4.92. The fourth-order valence-electron chi connectivity index (χ4n) is 1.80. The molecule has 1 heterocycles. The van der Waals surface area contributed by atoms with Crippen LogP contribution in [-0.2, 0) is 15.9 Å². The van der Waals surface area contributed by atoms with Crippen molar-refractivity contribution < 1.29 is 19.0 Å². The van der Waals surface area contributed by atoms with Crippen molar-refractivity contribution in [3.8, 4) is 0 Å². The average molecular weight is 305 g/mol. The number of benzene rings is 1. The van der Waals surface area contributed by atoms with Crippen molar-refractivity contribution in [2.45, 2.75) is 25.2 Å². The Morgan fingerprint density at radius 2 is 2.12 bits per heavy atom. The van der Waals surface area contributed by atoms with Crippen LogP contribution in [0, 0.1) is 5.82 Å². The van der Waals surface area contributed by atoms with Crippen LogP contribution in [0.2, 0.25) is 0 Å². The molecular formula is C12H14BrFO3. The Bertz CT molecular complexity index is 380. The van der Waals surface area contributed by atoms with Gasteiger partial charge in [0.1, 0.15) is 5.82 Å². The van der Waals surface area contributed by atoms with E-state index in [-0.39, 0.29) is 18.5 Å². The fourth-order valence-corrected chi connectivity index (χ4v) is 2.21. The largest absolute Gasteiger partial charge is 0.393 e. The molecule has 0 amide bonds. The summed E-state index contributed by atoms with van der Waals surface area (Å²) in [5, 5.41) is 9.84. The van der Waals surface area contributed by atoms with E-state index in [0.29, 0.717) is 25.2 Å². The lowest BCUT2D eigenvalue weighted by atomic mass is 10.1. The highest BCUT2D eigenvalue weighted by molar-refractivity contribution is 9.10. The molecule has 1 unspecified atom stereocenters. The van der Waals surface area contributed by atoms with Gasteiger partial charge in [-0.2, -0.15) is 0 Å². The molecule has 1 atom stereocenters. The highest BCUT2D eigenvalue weighted by atomic mass is 79.9. The second-order valence-electron chi connectivity index (χ2n) is 4.00. The van der Waals surface area contributed by atoms with E-state index < -0.39 is 6.10 Å². The maximum Gasteiger partial charge on any atom is 0.160 e. The summed E-state index contributed by atoms with van der Waals surface area (Å²) in [7, 11) is 0.